The third-order valence-corrected chi connectivity index (χ3v) is 5.50. The standard InChI is InChI=1S/C16H22N2O3S/c19-9-10-22-17-12-1-2-13(15(20)21)14(11-12)18-7-5-16(3-4-16)6-8-18/h1-2,11,17,19H,3-10H2,(H,20,21). The molecule has 1 spiro atoms. The average Bonchev–Trinajstić information content (AvgIpc) is 3.27. The molecule has 1 aromatic carbocycles. The van der Waals surface area contributed by atoms with Gasteiger partial charge in [0.1, 0.15) is 0 Å². The molecule has 1 aromatic rings. The number of carboxylic acids is 1. The molecule has 6 heteroatoms. The topological polar surface area (TPSA) is 72.8 Å². The zero-order valence-corrected chi connectivity index (χ0v) is 13.4. The molecule has 1 aliphatic carbocycles. The first-order valence-electron chi connectivity index (χ1n) is 7.75. The number of carboxylic acid groups (broad SMARTS) is 1. The Morgan fingerprint density at radius 2 is 2.00 bits per heavy atom. The Labute approximate surface area is 134 Å². The minimum absolute atomic E-state index is 0.117. The Morgan fingerprint density at radius 1 is 1.27 bits per heavy atom. The summed E-state index contributed by atoms with van der Waals surface area (Å²) >= 11 is 1.42. The molecule has 0 aromatic heterocycles. The van der Waals surface area contributed by atoms with E-state index >= 15 is 0 Å². The molecule has 1 saturated heterocycles. The lowest BCUT2D eigenvalue weighted by atomic mass is 9.93. The van der Waals surface area contributed by atoms with Crippen LogP contribution < -0.4 is 9.62 Å². The van der Waals surface area contributed by atoms with Gasteiger partial charge in [-0.1, -0.05) is 11.9 Å². The Bertz CT molecular complexity index is 550. The summed E-state index contributed by atoms with van der Waals surface area (Å²) in [6, 6.07) is 5.36. The second-order valence-electron chi connectivity index (χ2n) is 6.20. The SMILES string of the molecule is O=C(O)c1ccc(NSCCO)cc1N1CCC2(CC1)CC2. The van der Waals surface area contributed by atoms with E-state index in [1.54, 1.807) is 12.1 Å². The van der Waals surface area contributed by atoms with Crippen LogP contribution in [-0.2, 0) is 0 Å². The molecular formula is C16H22N2O3S. The lowest BCUT2D eigenvalue weighted by molar-refractivity contribution is 0.0697. The highest BCUT2D eigenvalue weighted by Gasteiger charge is 2.44. The maximum absolute atomic E-state index is 11.5. The predicted octanol–water partition coefficient (Wildman–Crippen LogP) is 2.82. The summed E-state index contributed by atoms with van der Waals surface area (Å²) in [6.07, 6.45) is 5.02. The highest BCUT2D eigenvalue weighted by molar-refractivity contribution is 8.00. The monoisotopic (exact) mass is 322 g/mol. The molecule has 2 fully saturated rings. The Kier molecular flexibility index (Phi) is 4.49. The second-order valence-corrected chi connectivity index (χ2v) is 7.10. The fourth-order valence-electron chi connectivity index (χ4n) is 3.12. The summed E-state index contributed by atoms with van der Waals surface area (Å²) in [5, 5.41) is 18.3. The van der Waals surface area contributed by atoms with Gasteiger partial charge < -0.3 is 19.8 Å². The number of hydrogen-bond acceptors (Lipinski definition) is 5. The number of nitrogens with zero attached hydrogens (tertiary/aromatic N) is 1. The van der Waals surface area contributed by atoms with Gasteiger partial charge in [0.25, 0.3) is 0 Å². The van der Waals surface area contributed by atoms with Crippen molar-refractivity contribution < 1.29 is 15.0 Å². The van der Waals surface area contributed by atoms with E-state index in [2.05, 4.69) is 9.62 Å². The van der Waals surface area contributed by atoms with E-state index in [-0.39, 0.29) is 6.61 Å². The molecule has 0 radical (unpaired) electrons. The summed E-state index contributed by atoms with van der Waals surface area (Å²) in [5.41, 5.74) is 2.62. The van der Waals surface area contributed by atoms with Crippen LogP contribution in [0.2, 0.25) is 0 Å². The Balaban J connectivity index is 1.76. The highest BCUT2D eigenvalue weighted by atomic mass is 32.2. The summed E-state index contributed by atoms with van der Waals surface area (Å²) < 4.78 is 3.16. The van der Waals surface area contributed by atoms with Gasteiger partial charge >= 0.3 is 5.97 Å². The van der Waals surface area contributed by atoms with Crippen LogP contribution in [0.4, 0.5) is 11.4 Å². The number of aliphatic hydroxyl groups excluding tert-OH is 1. The van der Waals surface area contributed by atoms with Crippen LogP contribution in [0.3, 0.4) is 0 Å². The van der Waals surface area contributed by atoms with Gasteiger partial charge in [-0.25, -0.2) is 4.79 Å². The lowest BCUT2D eigenvalue weighted by Gasteiger charge is -2.34. The van der Waals surface area contributed by atoms with Crippen molar-refractivity contribution in [2.45, 2.75) is 25.7 Å². The quantitative estimate of drug-likeness (QED) is 0.552. The molecule has 0 bridgehead atoms. The average molecular weight is 322 g/mol. The van der Waals surface area contributed by atoms with E-state index in [0.29, 0.717) is 16.7 Å². The fraction of sp³-hybridized carbons (Fsp3) is 0.562. The first-order chi connectivity index (χ1) is 10.6. The number of hydrogen-bond donors (Lipinski definition) is 3. The van der Waals surface area contributed by atoms with Crippen molar-refractivity contribution in [1.82, 2.24) is 0 Å². The maximum atomic E-state index is 11.5. The fourth-order valence-corrected chi connectivity index (χ4v) is 3.60. The molecule has 0 unspecified atom stereocenters. The van der Waals surface area contributed by atoms with E-state index in [9.17, 15) is 9.90 Å². The van der Waals surface area contributed by atoms with Gasteiger partial charge in [-0.3, -0.25) is 0 Å². The van der Waals surface area contributed by atoms with Crippen molar-refractivity contribution in [1.29, 1.82) is 0 Å². The largest absolute Gasteiger partial charge is 0.478 e. The van der Waals surface area contributed by atoms with E-state index < -0.39 is 5.97 Å². The molecule has 3 rings (SSSR count). The Morgan fingerprint density at radius 3 is 2.59 bits per heavy atom. The van der Waals surface area contributed by atoms with Gasteiger partial charge in [-0.15, -0.1) is 0 Å². The molecule has 120 valence electrons. The lowest BCUT2D eigenvalue weighted by Crippen LogP contribution is -2.35. The highest BCUT2D eigenvalue weighted by Crippen LogP contribution is 2.54. The van der Waals surface area contributed by atoms with E-state index in [1.165, 1.54) is 37.6 Å². The smallest absolute Gasteiger partial charge is 0.337 e. The molecule has 22 heavy (non-hydrogen) atoms. The zero-order chi connectivity index (χ0) is 15.6. The second kappa shape index (κ2) is 6.38. The van der Waals surface area contributed by atoms with Crippen LogP contribution in [0.5, 0.6) is 0 Å². The number of aromatic carboxylic acids is 1. The van der Waals surface area contributed by atoms with Crippen molar-refractivity contribution in [3.63, 3.8) is 0 Å². The summed E-state index contributed by atoms with van der Waals surface area (Å²) in [4.78, 5) is 13.7. The third-order valence-electron chi connectivity index (χ3n) is 4.73. The van der Waals surface area contributed by atoms with Crippen molar-refractivity contribution in [2.24, 2.45) is 5.41 Å². The van der Waals surface area contributed by atoms with Crippen LogP contribution in [0.1, 0.15) is 36.0 Å². The minimum Gasteiger partial charge on any atom is -0.478 e. The van der Waals surface area contributed by atoms with Crippen molar-refractivity contribution in [3.05, 3.63) is 23.8 Å². The van der Waals surface area contributed by atoms with Crippen molar-refractivity contribution in [2.75, 3.05) is 35.1 Å². The molecule has 2 aliphatic rings. The van der Waals surface area contributed by atoms with E-state index in [0.717, 1.165) is 24.5 Å². The Hall–Kier alpha value is -1.40. The first kappa shape index (κ1) is 15.5. The molecule has 5 nitrogen and oxygen atoms in total. The normalized spacial score (nSPS) is 19.2. The summed E-state index contributed by atoms with van der Waals surface area (Å²) in [7, 11) is 0. The molecule has 0 atom stereocenters. The number of nitrogens with one attached hydrogen (secondary N) is 1. The minimum atomic E-state index is -0.878. The summed E-state index contributed by atoms with van der Waals surface area (Å²) in [5.74, 6) is -0.279. The number of benzene rings is 1. The third kappa shape index (κ3) is 3.33. The van der Waals surface area contributed by atoms with Gasteiger partial charge in [0.2, 0.25) is 0 Å². The molecule has 3 N–H and O–H groups in total. The molecular weight excluding hydrogens is 300 g/mol. The van der Waals surface area contributed by atoms with E-state index in [1.807, 2.05) is 6.07 Å². The van der Waals surface area contributed by atoms with Gasteiger partial charge in [0, 0.05) is 24.5 Å². The van der Waals surface area contributed by atoms with Crippen LogP contribution in [0.15, 0.2) is 18.2 Å². The number of carbonyl (C=O) groups is 1. The van der Waals surface area contributed by atoms with Gasteiger partial charge in [-0.2, -0.15) is 0 Å². The van der Waals surface area contributed by atoms with Crippen LogP contribution >= 0.6 is 11.9 Å². The summed E-state index contributed by atoms with van der Waals surface area (Å²) in [6.45, 7) is 1.99. The molecule has 1 saturated carbocycles. The van der Waals surface area contributed by atoms with Crippen molar-refractivity contribution >= 4 is 29.3 Å². The van der Waals surface area contributed by atoms with Crippen LogP contribution in [0.25, 0.3) is 0 Å². The van der Waals surface area contributed by atoms with Gasteiger partial charge in [0.05, 0.1) is 17.9 Å². The van der Waals surface area contributed by atoms with Gasteiger partial charge in [0.15, 0.2) is 0 Å². The molecule has 1 heterocycles. The maximum Gasteiger partial charge on any atom is 0.337 e. The number of aliphatic hydroxyl groups is 1. The number of anilines is 2. The van der Waals surface area contributed by atoms with Gasteiger partial charge in [-0.05, 0) is 49.3 Å². The first-order valence-corrected chi connectivity index (χ1v) is 8.73. The molecule has 1 aliphatic heterocycles. The predicted molar refractivity (Wildman–Crippen MR) is 89.7 cm³/mol. The van der Waals surface area contributed by atoms with Crippen molar-refractivity contribution in [3.8, 4) is 0 Å². The van der Waals surface area contributed by atoms with Crippen LogP contribution in [-0.4, -0.2) is 41.6 Å². The number of rotatable bonds is 6. The van der Waals surface area contributed by atoms with Crippen LogP contribution in [0, 0.1) is 5.41 Å². The number of piperidine rings is 1. The van der Waals surface area contributed by atoms with E-state index in [4.69, 9.17) is 5.11 Å². The zero-order valence-electron chi connectivity index (χ0n) is 12.5. The molecule has 0 amide bonds.